The van der Waals surface area contributed by atoms with Gasteiger partial charge in [0, 0.05) is 32.0 Å². The van der Waals surface area contributed by atoms with E-state index in [4.69, 9.17) is 0 Å². The minimum Gasteiger partial charge on any atom is -0.334 e. The Morgan fingerprint density at radius 1 is 1.41 bits per heavy atom. The zero-order valence-electron chi connectivity index (χ0n) is 12.0. The molecule has 7 nitrogen and oxygen atoms in total. The fraction of sp³-hybridized carbons (Fsp3) is 0.333. The molecular weight excluding hydrogens is 284 g/mol. The zero-order chi connectivity index (χ0) is 15.7. The number of imide groups is 1. The van der Waals surface area contributed by atoms with Crippen molar-refractivity contribution < 1.29 is 14.4 Å². The molecule has 1 atom stereocenters. The number of fused-ring (bicyclic) bond motifs is 1. The van der Waals surface area contributed by atoms with Crippen molar-refractivity contribution in [2.24, 2.45) is 0 Å². The number of piperazine rings is 1. The summed E-state index contributed by atoms with van der Waals surface area (Å²) in [6.45, 7) is 4.73. The van der Waals surface area contributed by atoms with Gasteiger partial charge in [0.2, 0.25) is 0 Å². The lowest BCUT2D eigenvalue weighted by Crippen LogP contribution is -2.54. The molecule has 22 heavy (non-hydrogen) atoms. The van der Waals surface area contributed by atoms with Gasteiger partial charge < -0.3 is 9.80 Å². The molecule has 2 aliphatic heterocycles. The van der Waals surface area contributed by atoms with Crippen molar-refractivity contribution in [2.75, 3.05) is 26.2 Å². The van der Waals surface area contributed by atoms with E-state index in [1.54, 1.807) is 23.2 Å². The maximum Gasteiger partial charge on any atom is 0.327 e. The quantitative estimate of drug-likeness (QED) is 0.596. The lowest BCUT2D eigenvalue weighted by Gasteiger charge is -2.35. The van der Waals surface area contributed by atoms with Crippen molar-refractivity contribution >= 4 is 17.8 Å². The van der Waals surface area contributed by atoms with E-state index in [0.29, 0.717) is 18.7 Å². The van der Waals surface area contributed by atoms with Crippen LogP contribution in [0.5, 0.6) is 0 Å². The van der Waals surface area contributed by atoms with Crippen LogP contribution in [-0.4, -0.2) is 69.8 Å². The van der Waals surface area contributed by atoms with Crippen LogP contribution in [0.1, 0.15) is 10.4 Å². The van der Waals surface area contributed by atoms with E-state index in [-0.39, 0.29) is 30.9 Å². The number of hydrogen-bond acceptors (Lipinski definition) is 4. The third kappa shape index (κ3) is 2.24. The summed E-state index contributed by atoms with van der Waals surface area (Å²) in [7, 11) is 0. The molecule has 1 unspecified atom stereocenters. The largest absolute Gasteiger partial charge is 0.334 e. The van der Waals surface area contributed by atoms with E-state index in [1.165, 1.54) is 22.1 Å². The number of pyridine rings is 1. The summed E-state index contributed by atoms with van der Waals surface area (Å²) in [5, 5.41) is 0. The van der Waals surface area contributed by atoms with Crippen molar-refractivity contribution in [3.63, 3.8) is 0 Å². The Kier molecular flexibility index (Phi) is 3.62. The molecule has 0 radical (unpaired) electrons. The number of carbonyl (C=O) groups is 3. The Labute approximate surface area is 127 Å². The van der Waals surface area contributed by atoms with Gasteiger partial charge in [0.15, 0.2) is 0 Å². The summed E-state index contributed by atoms with van der Waals surface area (Å²) in [4.78, 5) is 45.1. The number of aromatic nitrogens is 1. The van der Waals surface area contributed by atoms with Gasteiger partial charge in [0.1, 0.15) is 6.04 Å². The highest BCUT2D eigenvalue weighted by Gasteiger charge is 2.47. The summed E-state index contributed by atoms with van der Waals surface area (Å²) in [5.41, 5.74) is 0.482. The highest BCUT2D eigenvalue weighted by atomic mass is 16.2. The highest BCUT2D eigenvalue weighted by Crippen LogP contribution is 2.22. The van der Waals surface area contributed by atoms with Crippen molar-refractivity contribution in [1.29, 1.82) is 0 Å². The maximum absolute atomic E-state index is 12.4. The molecule has 2 fully saturated rings. The molecule has 0 saturated carbocycles. The van der Waals surface area contributed by atoms with Crippen LogP contribution in [0.3, 0.4) is 0 Å². The predicted molar refractivity (Wildman–Crippen MR) is 77.9 cm³/mol. The normalized spacial score (nSPS) is 21.1. The molecule has 7 heteroatoms. The molecule has 1 aromatic heterocycles. The molecule has 3 rings (SSSR count). The zero-order valence-corrected chi connectivity index (χ0v) is 12.0. The topological polar surface area (TPSA) is 73.8 Å². The van der Waals surface area contributed by atoms with Crippen molar-refractivity contribution in [3.8, 4) is 0 Å². The predicted octanol–water partition coefficient (Wildman–Crippen LogP) is 0.356. The summed E-state index contributed by atoms with van der Waals surface area (Å²) in [5.74, 6) is -0.441. The van der Waals surface area contributed by atoms with Crippen LogP contribution in [-0.2, 0) is 4.79 Å². The van der Waals surface area contributed by atoms with E-state index in [2.05, 4.69) is 11.6 Å². The maximum atomic E-state index is 12.4. The number of hydrogen-bond donors (Lipinski definition) is 0. The van der Waals surface area contributed by atoms with Gasteiger partial charge in [0.05, 0.1) is 12.1 Å². The molecule has 4 amide bonds. The van der Waals surface area contributed by atoms with E-state index in [1.807, 2.05) is 0 Å². The molecule has 0 aromatic carbocycles. The highest BCUT2D eigenvalue weighted by molar-refractivity contribution is 6.05. The van der Waals surface area contributed by atoms with E-state index in [9.17, 15) is 14.4 Å². The first-order valence-electron chi connectivity index (χ1n) is 7.05. The van der Waals surface area contributed by atoms with Gasteiger partial charge in [-0.15, -0.1) is 6.58 Å². The molecule has 0 N–H and O–H groups in total. The smallest absolute Gasteiger partial charge is 0.327 e. The summed E-state index contributed by atoms with van der Waals surface area (Å²) in [6.07, 6.45) is 4.62. The Balaban J connectivity index is 1.76. The molecule has 2 saturated heterocycles. The third-order valence-corrected chi connectivity index (χ3v) is 3.92. The fourth-order valence-electron chi connectivity index (χ4n) is 2.81. The Morgan fingerprint density at radius 3 is 2.91 bits per heavy atom. The number of urea groups is 1. The minimum absolute atomic E-state index is 0.171. The second-order valence-corrected chi connectivity index (χ2v) is 5.22. The molecule has 2 aliphatic rings. The number of carbonyl (C=O) groups excluding carboxylic acids is 3. The van der Waals surface area contributed by atoms with Crippen LogP contribution in [0, 0.1) is 0 Å². The summed E-state index contributed by atoms with van der Waals surface area (Å²) < 4.78 is 0. The minimum atomic E-state index is -0.596. The van der Waals surface area contributed by atoms with Crippen molar-refractivity contribution in [3.05, 3.63) is 42.7 Å². The van der Waals surface area contributed by atoms with Crippen LogP contribution < -0.4 is 0 Å². The second-order valence-electron chi connectivity index (χ2n) is 5.22. The molecular formula is C15H16N4O3. The van der Waals surface area contributed by atoms with E-state index in [0.717, 1.165) is 0 Å². The second kappa shape index (κ2) is 5.59. The Bertz CT molecular complexity index is 631. The average Bonchev–Trinajstić information content (AvgIpc) is 2.80. The molecule has 114 valence electrons. The third-order valence-electron chi connectivity index (χ3n) is 3.92. The monoisotopic (exact) mass is 300 g/mol. The fourth-order valence-corrected chi connectivity index (χ4v) is 2.81. The first-order valence-corrected chi connectivity index (χ1v) is 7.05. The van der Waals surface area contributed by atoms with Gasteiger partial charge in [-0.3, -0.25) is 19.5 Å². The van der Waals surface area contributed by atoms with Gasteiger partial charge in [-0.25, -0.2) is 4.79 Å². The van der Waals surface area contributed by atoms with Crippen LogP contribution in [0.2, 0.25) is 0 Å². The number of amides is 4. The first-order chi connectivity index (χ1) is 10.6. The lowest BCUT2D eigenvalue weighted by atomic mass is 10.1. The molecule has 0 aliphatic carbocycles. The van der Waals surface area contributed by atoms with Gasteiger partial charge in [0.25, 0.3) is 11.8 Å². The SMILES string of the molecule is C=CCN1C(=O)C2CN(C(=O)c3cccnc3)CCN2C1=O. The Morgan fingerprint density at radius 2 is 2.23 bits per heavy atom. The number of rotatable bonds is 3. The van der Waals surface area contributed by atoms with Crippen LogP contribution in [0.25, 0.3) is 0 Å². The first kappa shape index (κ1) is 14.2. The van der Waals surface area contributed by atoms with Crippen LogP contribution in [0.15, 0.2) is 37.2 Å². The van der Waals surface area contributed by atoms with Gasteiger partial charge in [-0.2, -0.15) is 0 Å². The van der Waals surface area contributed by atoms with Gasteiger partial charge in [-0.05, 0) is 12.1 Å². The van der Waals surface area contributed by atoms with Crippen LogP contribution in [0.4, 0.5) is 4.79 Å². The number of nitrogens with zero attached hydrogens (tertiary/aromatic N) is 4. The van der Waals surface area contributed by atoms with Gasteiger partial charge >= 0.3 is 6.03 Å². The summed E-state index contributed by atoms with van der Waals surface area (Å²) in [6, 6.07) is 2.48. The average molecular weight is 300 g/mol. The van der Waals surface area contributed by atoms with E-state index >= 15 is 0 Å². The van der Waals surface area contributed by atoms with Gasteiger partial charge in [-0.1, -0.05) is 6.08 Å². The summed E-state index contributed by atoms with van der Waals surface area (Å²) >= 11 is 0. The molecule has 0 spiro atoms. The Hall–Kier alpha value is -2.70. The van der Waals surface area contributed by atoms with Crippen molar-refractivity contribution in [2.45, 2.75) is 6.04 Å². The van der Waals surface area contributed by atoms with Crippen LogP contribution >= 0.6 is 0 Å². The van der Waals surface area contributed by atoms with Crippen molar-refractivity contribution in [1.82, 2.24) is 19.7 Å². The standard InChI is InChI=1S/C15H16N4O3/c1-2-6-19-14(21)12-10-17(7-8-18(12)15(19)22)13(20)11-4-3-5-16-9-11/h2-5,9,12H,1,6-8,10H2. The molecule has 1 aromatic rings. The molecule has 3 heterocycles. The lowest BCUT2D eigenvalue weighted by molar-refractivity contribution is -0.128. The van der Waals surface area contributed by atoms with E-state index < -0.39 is 6.04 Å². The molecule has 0 bridgehead atoms.